The molecular formula is C18H19BrCl2N4O. The van der Waals surface area contributed by atoms with Crippen molar-refractivity contribution in [2.24, 2.45) is 0 Å². The number of benzene rings is 2. The summed E-state index contributed by atoms with van der Waals surface area (Å²) in [5.41, 5.74) is 3.35. The first-order valence-corrected chi connectivity index (χ1v) is 8.22. The van der Waals surface area contributed by atoms with Crippen LogP contribution in [0, 0.1) is 0 Å². The van der Waals surface area contributed by atoms with Crippen LogP contribution in [-0.4, -0.2) is 25.1 Å². The van der Waals surface area contributed by atoms with Crippen molar-refractivity contribution in [3.63, 3.8) is 0 Å². The van der Waals surface area contributed by atoms with E-state index in [0.29, 0.717) is 5.69 Å². The van der Waals surface area contributed by atoms with Crippen LogP contribution in [0.5, 0.6) is 0 Å². The first-order valence-electron chi connectivity index (χ1n) is 7.42. The number of pyridine rings is 1. The summed E-state index contributed by atoms with van der Waals surface area (Å²) >= 11 is 3.44. The summed E-state index contributed by atoms with van der Waals surface area (Å²) in [6.45, 7) is 0. The van der Waals surface area contributed by atoms with Crippen molar-refractivity contribution in [2.45, 2.75) is 0 Å². The molecule has 8 heteroatoms. The predicted octanol–water partition coefficient (Wildman–Crippen LogP) is 5.55. The van der Waals surface area contributed by atoms with E-state index in [-0.39, 0.29) is 30.8 Å². The van der Waals surface area contributed by atoms with E-state index in [1.807, 2.05) is 61.5 Å². The number of anilines is 3. The molecule has 0 atom stereocenters. The Bertz CT molecular complexity index is 888. The predicted molar refractivity (Wildman–Crippen MR) is 117 cm³/mol. The number of hydrogen-bond acceptors (Lipinski definition) is 3. The summed E-state index contributed by atoms with van der Waals surface area (Å²) in [5, 5.41) is 6.59. The third-order valence-electron chi connectivity index (χ3n) is 3.59. The van der Waals surface area contributed by atoms with Crippen LogP contribution in [-0.2, 0) is 0 Å². The first kappa shape index (κ1) is 22.0. The fourth-order valence-electron chi connectivity index (χ4n) is 2.36. The Morgan fingerprint density at radius 3 is 2.35 bits per heavy atom. The van der Waals surface area contributed by atoms with Crippen LogP contribution >= 0.6 is 40.7 Å². The van der Waals surface area contributed by atoms with Crippen molar-refractivity contribution < 1.29 is 4.79 Å². The minimum Gasteiger partial charge on any atom is -0.378 e. The van der Waals surface area contributed by atoms with Gasteiger partial charge in [-0.25, -0.2) is 4.79 Å². The van der Waals surface area contributed by atoms with Gasteiger partial charge in [0.1, 0.15) is 0 Å². The van der Waals surface area contributed by atoms with Crippen molar-refractivity contribution in [3.8, 4) is 0 Å². The molecule has 0 saturated heterocycles. The van der Waals surface area contributed by atoms with Gasteiger partial charge in [-0.2, -0.15) is 0 Å². The van der Waals surface area contributed by atoms with Crippen LogP contribution in [0.2, 0.25) is 0 Å². The van der Waals surface area contributed by atoms with Gasteiger partial charge in [0.2, 0.25) is 0 Å². The number of fused-ring (bicyclic) bond motifs is 1. The molecule has 138 valence electrons. The highest BCUT2D eigenvalue weighted by Gasteiger charge is 2.07. The summed E-state index contributed by atoms with van der Waals surface area (Å²) < 4.78 is 0.936. The monoisotopic (exact) mass is 456 g/mol. The van der Waals surface area contributed by atoms with E-state index >= 15 is 0 Å². The van der Waals surface area contributed by atoms with Gasteiger partial charge in [-0.05, 0) is 48.5 Å². The molecular weight excluding hydrogens is 439 g/mol. The Morgan fingerprint density at radius 1 is 1.00 bits per heavy atom. The minimum absolute atomic E-state index is 0. The van der Waals surface area contributed by atoms with Gasteiger partial charge >= 0.3 is 6.03 Å². The molecule has 0 aliphatic rings. The largest absolute Gasteiger partial charge is 0.378 e. The first-order chi connectivity index (χ1) is 11.5. The molecule has 0 fully saturated rings. The average molecular weight is 458 g/mol. The Labute approximate surface area is 173 Å². The molecule has 0 saturated carbocycles. The maximum absolute atomic E-state index is 12.3. The maximum Gasteiger partial charge on any atom is 0.323 e. The van der Waals surface area contributed by atoms with Gasteiger partial charge in [0.25, 0.3) is 0 Å². The third-order valence-corrected chi connectivity index (χ3v) is 4.09. The molecule has 2 aromatic carbocycles. The molecule has 3 aromatic rings. The summed E-state index contributed by atoms with van der Waals surface area (Å²) in [6.07, 6.45) is 1.68. The van der Waals surface area contributed by atoms with Crippen molar-refractivity contribution in [2.75, 3.05) is 29.6 Å². The molecule has 0 radical (unpaired) electrons. The Morgan fingerprint density at radius 2 is 1.69 bits per heavy atom. The Balaban J connectivity index is 0.00000169. The van der Waals surface area contributed by atoms with Crippen molar-refractivity contribution in [1.82, 2.24) is 4.98 Å². The standard InChI is InChI=1S/C18H17BrN4O.2ClH/c1-23(2)14-6-4-13(5-7-14)21-18(24)22-17-9-10-20-16-8-3-12(19)11-15(16)17;;/h3-11H,1-2H3,(H2,20,21,22,24);2*1H. The van der Waals surface area contributed by atoms with Crippen LogP contribution in [0.3, 0.4) is 0 Å². The van der Waals surface area contributed by atoms with Gasteiger partial charge in [0, 0.05) is 41.5 Å². The Kier molecular flexibility index (Phi) is 8.14. The topological polar surface area (TPSA) is 57.3 Å². The normalized spacial score (nSPS) is 9.65. The average Bonchev–Trinajstić information content (AvgIpc) is 2.56. The van der Waals surface area contributed by atoms with Crippen LogP contribution in [0.25, 0.3) is 10.9 Å². The minimum atomic E-state index is -0.292. The van der Waals surface area contributed by atoms with E-state index < -0.39 is 0 Å². The number of rotatable bonds is 3. The van der Waals surface area contributed by atoms with Crippen LogP contribution in [0.15, 0.2) is 59.2 Å². The van der Waals surface area contributed by atoms with Gasteiger partial charge in [-0.15, -0.1) is 24.8 Å². The lowest BCUT2D eigenvalue weighted by molar-refractivity contribution is 0.262. The summed E-state index contributed by atoms with van der Waals surface area (Å²) in [6, 6.07) is 14.9. The van der Waals surface area contributed by atoms with E-state index in [1.54, 1.807) is 12.3 Å². The highest BCUT2D eigenvalue weighted by atomic mass is 79.9. The highest BCUT2D eigenvalue weighted by molar-refractivity contribution is 9.10. The van der Waals surface area contributed by atoms with E-state index in [9.17, 15) is 4.79 Å². The van der Waals surface area contributed by atoms with Crippen molar-refractivity contribution in [1.29, 1.82) is 0 Å². The molecule has 26 heavy (non-hydrogen) atoms. The van der Waals surface area contributed by atoms with E-state index in [0.717, 1.165) is 26.8 Å². The highest BCUT2D eigenvalue weighted by Crippen LogP contribution is 2.25. The smallest absolute Gasteiger partial charge is 0.323 e. The Hall–Kier alpha value is -2.02. The van der Waals surface area contributed by atoms with Gasteiger partial charge in [-0.3, -0.25) is 4.98 Å². The number of nitrogens with one attached hydrogen (secondary N) is 2. The molecule has 1 heterocycles. The van der Waals surface area contributed by atoms with Gasteiger partial charge < -0.3 is 15.5 Å². The maximum atomic E-state index is 12.3. The molecule has 0 spiro atoms. The number of amides is 2. The van der Waals surface area contributed by atoms with Crippen molar-refractivity contribution >= 4 is 74.7 Å². The SMILES string of the molecule is CN(C)c1ccc(NC(=O)Nc2ccnc3ccc(Br)cc23)cc1.Cl.Cl. The zero-order chi connectivity index (χ0) is 17.1. The van der Waals surface area contributed by atoms with Crippen LogP contribution in [0.4, 0.5) is 21.9 Å². The second-order valence-electron chi connectivity index (χ2n) is 5.54. The molecule has 2 N–H and O–H groups in total. The van der Waals surface area contributed by atoms with Gasteiger partial charge in [0.15, 0.2) is 0 Å². The molecule has 0 aliphatic carbocycles. The molecule has 0 bridgehead atoms. The summed E-state index contributed by atoms with van der Waals surface area (Å²) in [5.74, 6) is 0. The molecule has 0 aliphatic heterocycles. The number of carbonyl (C=O) groups is 1. The quantitative estimate of drug-likeness (QED) is 0.541. The lowest BCUT2D eigenvalue weighted by atomic mass is 10.2. The van der Waals surface area contributed by atoms with E-state index in [4.69, 9.17) is 0 Å². The second-order valence-corrected chi connectivity index (χ2v) is 6.46. The number of aromatic nitrogens is 1. The lowest BCUT2D eigenvalue weighted by Gasteiger charge is -2.13. The number of halogens is 3. The van der Waals surface area contributed by atoms with Crippen LogP contribution in [0.1, 0.15) is 0 Å². The number of hydrogen-bond donors (Lipinski definition) is 2. The van der Waals surface area contributed by atoms with Gasteiger partial charge in [-0.1, -0.05) is 15.9 Å². The van der Waals surface area contributed by atoms with Gasteiger partial charge in [0.05, 0.1) is 11.2 Å². The fourth-order valence-corrected chi connectivity index (χ4v) is 2.72. The summed E-state index contributed by atoms with van der Waals surface area (Å²) in [4.78, 5) is 18.6. The van der Waals surface area contributed by atoms with E-state index in [2.05, 4.69) is 31.5 Å². The molecule has 2 amide bonds. The zero-order valence-corrected chi connectivity index (χ0v) is 17.4. The summed E-state index contributed by atoms with van der Waals surface area (Å²) in [7, 11) is 3.95. The van der Waals surface area contributed by atoms with Crippen LogP contribution < -0.4 is 15.5 Å². The zero-order valence-electron chi connectivity index (χ0n) is 14.2. The third kappa shape index (κ3) is 5.24. The fraction of sp³-hybridized carbons (Fsp3) is 0.111. The number of nitrogens with zero attached hydrogens (tertiary/aromatic N) is 2. The lowest BCUT2D eigenvalue weighted by Crippen LogP contribution is -2.19. The molecule has 5 nitrogen and oxygen atoms in total. The molecule has 3 rings (SSSR count). The second kappa shape index (κ2) is 9.62. The molecule has 1 aromatic heterocycles. The molecule has 0 unspecified atom stereocenters. The van der Waals surface area contributed by atoms with Crippen molar-refractivity contribution in [3.05, 3.63) is 59.2 Å². The number of carbonyl (C=O) groups excluding carboxylic acids is 1. The van der Waals surface area contributed by atoms with E-state index in [1.165, 1.54) is 0 Å². The number of urea groups is 1.